The van der Waals surface area contributed by atoms with Gasteiger partial charge in [0, 0.05) is 5.56 Å². The van der Waals surface area contributed by atoms with E-state index in [0.717, 1.165) is 10.2 Å². The first-order chi connectivity index (χ1) is 8.16. The molecule has 0 fully saturated rings. The Morgan fingerprint density at radius 1 is 1.18 bits per heavy atom. The summed E-state index contributed by atoms with van der Waals surface area (Å²) >= 11 is 6.43. The fourth-order valence-corrected chi connectivity index (χ4v) is 1.88. The molecule has 0 spiro atoms. The Hall–Kier alpha value is -0.940. The van der Waals surface area contributed by atoms with Crippen molar-refractivity contribution in [3.05, 3.63) is 57.0 Å². The average Bonchev–Trinajstić information content (AvgIpc) is 2.33. The van der Waals surface area contributed by atoms with E-state index in [1.54, 1.807) is 30.5 Å². The second-order valence-corrected chi connectivity index (χ2v) is 4.92. The third-order valence-corrected chi connectivity index (χ3v) is 3.48. The number of hydrogen-bond acceptors (Lipinski definition) is 2. The van der Waals surface area contributed by atoms with Gasteiger partial charge in [0.15, 0.2) is 0 Å². The second-order valence-electron chi connectivity index (χ2n) is 3.32. The highest BCUT2D eigenvalue weighted by Gasteiger charge is 2.05. The maximum Gasteiger partial charge on any atom is 0.138 e. The molecule has 2 aromatic rings. The fourth-order valence-electron chi connectivity index (χ4n) is 1.27. The van der Waals surface area contributed by atoms with Crippen molar-refractivity contribution in [2.75, 3.05) is 0 Å². The van der Waals surface area contributed by atoms with Gasteiger partial charge in [0.05, 0.1) is 10.7 Å². The Balaban J connectivity index is 2.07. The highest BCUT2D eigenvalue weighted by Crippen LogP contribution is 2.22. The normalized spacial score (nSPS) is 10.3. The topological polar surface area (TPSA) is 22.1 Å². The lowest BCUT2D eigenvalue weighted by molar-refractivity contribution is 0.303. The molecule has 1 aromatic carbocycles. The fraction of sp³-hybridized carbons (Fsp3) is 0.0833. The summed E-state index contributed by atoms with van der Waals surface area (Å²) in [5.41, 5.74) is 0.757. The molecule has 88 valence electrons. The van der Waals surface area contributed by atoms with Crippen molar-refractivity contribution in [2.45, 2.75) is 6.61 Å². The standard InChI is InChI=1S/C12H8Br2FNO/c13-11-5-4-9(6-16-11)17-7-8-2-1-3-10(15)12(8)14/h1-6H,7H2. The number of hydrogen-bond donors (Lipinski definition) is 0. The molecule has 0 atom stereocenters. The summed E-state index contributed by atoms with van der Waals surface area (Å²) in [6, 6.07) is 8.44. The Morgan fingerprint density at radius 2 is 2.00 bits per heavy atom. The Labute approximate surface area is 115 Å². The van der Waals surface area contributed by atoms with E-state index in [2.05, 4.69) is 36.8 Å². The number of ether oxygens (including phenoxy) is 1. The van der Waals surface area contributed by atoms with Crippen molar-refractivity contribution in [3.63, 3.8) is 0 Å². The molecule has 17 heavy (non-hydrogen) atoms. The zero-order valence-electron chi connectivity index (χ0n) is 8.66. The van der Waals surface area contributed by atoms with Gasteiger partial charge >= 0.3 is 0 Å². The molecule has 0 aliphatic carbocycles. The number of halogens is 3. The molecule has 2 nitrogen and oxygen atoms in total. The van der Waals surface area contributed by atoms with Crippen molar-refractivity contribution in [2.24, 2.45) is 0 Å². The lowest BCUT2D eigenvalue weighted by Crippen LogP contribution is -1.98. The first-order valence-electron chi connectivity index (χ1n) is 4.84. The number of benzene rings is 1. The maximum absolute atomic E-state index is 13.2. The monoisotopic (exact) mass is 359 g/mol. The first kappa shape index (κ1) is 12.5. The summed E-state index contributed by atoms with van der Waals surface area (Å²) in [5.74, 6) is 0.351. The van der Waals surface area contributed by atoms with E-state index in [1.165, 1.54) is 6.07 Å². The van der Waals surface area contributed by atoms with E-state index >= 15 is 0 Å². The van der Waals surface area contributed by atoms with Crippen LogP contribution in [0.1, 0.15) is 5.56 Å². The number of aromatic nitrogens is 1. The second kappa shape index (κ2) is 5.60. The Bertz CT molecular complexity index is 516. The molecule has 0 radical (unpaired) electrons. The lowest BCUT2D eigenvalue weighted by Gasteiger charge is -2.07. The molecule has 0 saturated carbocycles. The van der Waals surface area contributed by atoms with Crippen LogP contribution in [0, 0.1) is 5.82 Å². The van der Waals surface area contributed by atoms with E-state index in [1.807, 2.05) is 0 Å². The molecule has 0 saturated heterocycles. The van der Waals surface area contributed by atoms with Crippen molar-refractivity contribution >= 4 is 31.9 Å². The van der Waals surface area contributed by atoms with Crippen LogP contribution in [-0.4, -0.2) is 4.98 Å². The van der Waals surface area contributed by atoms with Crippen molar-refractivity contribution in [1.29, 1.82) is 0 Å². The summed E-state index contributed by atoms with van der Waals surface area (Å²) in [5, 5.41) is 0. The van der Waals surface area contributed by atoms with Gasteiger partial charge in [0.25, 0.3) is 0 Å². The molecule has 0 N–H and O–H groups in total. The molecule has 0 aliphatic heterocycles. The van der Waals surface area contributed by atoms with Gasteiger partial charge < -0.3 is 4.74 Å². The van der Waals surface area contributed by atoms with Gasteiger partial charge in [-0.3, -0.25) is 0 Å². The molecule has 1 heterocycles. The highest BCUT2D eigenvalue weighted by molar-refractivity contribution is 9.10. The van der Waals surface area contributed by atoms with Crippen LogP contribution in [0.25, 0.3) is 0 Å². The van der Waals surface area contributed by atoms with Crippen LogP contribution in [0.4, 0.5) is 4.39 Å². The van der Waals surface area contributed by atoms with E-state index < -0.39 is 0 Å². The number of nitrogens with zero attached hydrogens (tertiary/aromatic N) is 1. The predicted molar refractivity (Wildman–Crippen MR) is 70.4 cm³/mol. The van der Waals surface area contributed by atoms with Gasteiger partial charge in [-0.2, -0.15) is 0 Å². The van der Waals surface area contributed by atoms with Crippen LogP contribution < -0.4 is 4.74 Å². The molecule has 0 amide bonds. The summed E-state index contributed by atoms with van der Waals surface area (Å²) in [7, 11) is 0. The van der Waals surface area contributed by atoms with Crippen LogP contribution in [0.3, 0.4) is 0 Å². The van der Waals surface area contributed by atoms with Crippen LogP contribution in [0.5, 0.6) is 5.75 Å². The molecule has 2 rings (SSSR count). The summed E-state index contributed by atoms with van der Waals surface area (Å²) in [6.07, 6.45) is 1.61. The van der Waals surface area contributed by atoms with Gasteiger partial charge in [-0.05, 0) is 50.1 Å². The first-order valence-corrected chi connectivity index (χ1v) is 6.42. The lowest BCUT2D eigenvalue weighted by atomic mass is 10.2. The van der Waals surface area contributed by atoms with Gasteiger partial charge in [0.2, 0.25) is 0 Å². The highest BCUT2D eigenvalue weighted by atomic mass is 79.9. The Kier molecular flexibility index (Phi) is 4.12. The predicted octanol–water partition coefficient (Wildman–Crippen LogP) is 4.32. The largest absolute Gasteiger partial charge is 0.487 e. The third kappa shape index (κ3) is 3.26. The summed E-state index contributed by atoms with van der Waals surface area (Å²) in [6.45, 7) is 0.293. The van der Waals surface area contributed by atoms with Gasteiger partial charge in [-0.1, -0.05) is 12.1 Å². The van der Waals surface area contributed by atoms with Crippen LogP contribution >= 0.6 is 31.9 Å². The molecular formula is C12H8Br2FNO. The van der Waals surface area contributed by atoms with Crippen molar-refractivity contribution < 1.29 is 9.13 Å². The zero-order chi connectivity index (χ0) is 12.3. The third-order valence-electron chi connectivity index (χ3n) is 2.13. The molecule has 0 unspecified atom stereocenters. The van der Waals surface area contributed by atoms with E-state index in [0.29, 0.717) is 16.8 Å². The van der Waals surface area contributed by atoms with Crippen molar-refractivity contribution in [3.8, 4) is 5.75 Å². The molecule has 0 aliphatic rings. The molecular weight excluding hydrogens is 353 g/mol. The minimum absolute atomic E-state index is 0.292. The van der Waals surface area contributed by atoms with Crippen LogP contribution in [-0.2, 0) is 6.61 Å². The molecule has 5 heteroatoms. The van der Waals surface area contributed by atoms with E-state index in [-0.39, 0.29) is 5.82 Å². The number of pyridine rings is 1. The number of rotatable bonds is 3. The van der Waals surface area contributed by atoms with Gasteiger partial charge in [0.1, 0.15) is 22.8 Å². The SMILES string of the molecule is Fc1cccc(COc2ccc(Br)nc2)c1Br. The van der Waals surface area contributed by atoms with Crippen LogP contribution in [0.15, 0.2) is 45.6 Å². The molecule has 1 aromatic heterocycles. The van der Waals surface area contributed by atoms with Crippen LogP contribution in [0.2, 0.25) is 0 Å². The summed E-state index contributed by atoms with van der Waals surface area (Å²) in [4.78, 5) is 4.04. The minimum Gasteiger partial charge on any atom is -0.487 e. The maximum atomic E-state index is 13.2. The average molecular weight is 361 g/mol. The van der Waals surface area contributed by atoms with Gasteiger partial charge in [-0.25, -0.2) is 9.37 Å². The van der Waals surface area contributed by atoms with E-state index in [4.69, 9.17) is 4.74 Å². The van der Waals surface area contributed by atoms with E-state index in [9.17, 15) is 4.39 Å². The quantitative estimate of drug-likeness (QED) is 0.760. The Morgan fingerprint density at radius 3 is 2.71 bits per heavy atom. The summed E-state index contributed by atoms with van der Waals surface area (Å²) < 4.78 is 19.9. The smallest absolute Gasteiger partial charge is 0.138 e. The zero-order valence-corrected chi connectivity index (χ0v) is 11.8. The van der Waals surface area contributed by atoms with Gasteiger partial charge in [-0.15, -0.1) is 0 Å². The minimum atomic E-state index is -0.292. The van der Waals surface area contributed by atoms with Crippen molar-refractivity contribution in [1.82, 2.24) is 4.98 Å². The molecule has 0 bridgehead atoms.